The van der Waals surface area contributed by atoms with E-state index in [1.54, 1.807) is 6.08 Å². The Hall–Kier alpha value is -2.62. The molecule has 4 rings (SSSR count). The minimum atomic E-state index is -0.196. The largest absolute Gasteiger partial charge is 0.507 e. The highest BCUT2D eigenvalue weighted by Crippen LogP contribution is 2.42. The Bertz CT molecular complexity index is 912. The maximum Gasteiger partial charge on any atom is 0.165 e. The normalized spacial score (nSPS) is 19.9. The molecule has 0 fully saturated rings. The van der Waals surface area contributed by atoms with Crippen LogP contribution in [0.1, 0.15) is 23.8 Å². The molecule has 1 N–H and O–H groups in total. The number of allylic oxidation sites excluding steroid dienone is 2. The molecule has 22 heavy (non-hydrogen) atoms. The number of carbonyl (C=O) groups is 1. The molecule has 2 aliphatic rings. The average molecular weight is 293 g/mol. The van der Waals surface area contributed by atoms with Gasteiger partial charge >= 0.3 is 0 Å². The molecule has 2 aromatic rings. The maximum absolute atomic E-state index is 11.6. The third-order valence-corrected chi connectivity index (χ3v) is 4.36. The lowest BCUT2D eigenvalue weighted by molar-refractivity contribution is -0.113. The number of aliphatic hydroxyl groups excluding tert-OH is 1. The van der Waals surface area contributed by atoms with Gasteiger partial charge in [-0.3, -0.25) is 9.79 Å². The number of carbonyl (C=O) groups excluding carboxylic acids is 1. The average Bonchev–Trinajstić information content (AvgIpc) is 2.92. The number of aryl methyl sites for hydroxylation is 1. The van der Waals surface area contributed by atoms with Gasteiger partial charge in [-0.15, -0.1) is 0 Å². The number of rotatable bonds is 1. The fourth-order valence-electron chi connectivity index (χ4n) is 3.22. The molecule has 2 heterocycles. The summed E-state index contributed by atoms with van der Waals surface area (Å²) in [4.78, 5) is 16.0. The van der Waals surface area contributed by atoms with Crippen molar-refractivity contribution in [3.63, 3.8) is 0 Å². The van der Waals surface area contributed by atoms with Crippen molar-refractivity contribution < 1.29 is 14.3 Å². The minimum absolute atomic E-state index is 0.0428. The molecule has 0 amide bonds. The molecule has 0 bridgehead atoms. The molecular weight excluding hydrogens is 278 g/mol. The van der Waals surface area contributed by atoms with Gasteiger partial charge in [-0.25, -0.2) is 0 Å². The molecule has 0 spiro atoms. The smallest absolute Gasteiger partial charge is 0.165 e. The lowest BCUT2D eigenvalue weighted by Gasteiger charge is -2.05. The fraction of sp³-hybridized carbons (Fsp3) is 0.222. The molecular formula is C18H15NO3. The topological polar surface area (TPSA) is 62.8 Å². The Labute approximate surface area is 127 Å². The van der Waals surface area contributed by atoms with Gasteiger partial charge in [-0.1, -0.05) is 18.2 Å². The Morgan fingerprint density at radius 3 is 3.00 bits per heavy atom. The van der Waals surface area contributed by atoms with Gasteiger partial charge in [0, 0.05) is 29.2 Å². The summed E-state index contributed by atoms with van der Waals surface area (Å²) in [5.41, 5.74) is 4.19. The van der Waals surface area contributed by atoms with Gasteiger partial charge in [0.15, 0.2) is 5.78 Å². The first-order chi connectivity index (χ1) is 10.6. The van der Waals surface area contributed by atoms with Crippen molar-refractivity contribution in [3.8, 4) is 0 Å². The van der Waals surface area contributed by atoms with E-state index in [9.17, 15) is 9.90 Å². The number of fused-ring (bicyclic) bond motifs is 5. The second-order valence-corrected chi connectivity index (χ2v) is 5.81. The summed E-state index contributed by atoms with van der Waals surface area (Å²) in [6, 6.07) is 5.99. The van der Waals surface area contributed by atoms with Crippen LogP contribution in [0.15, 0.2) is 45.0 Å². The minimum Gasteiger partial charge on any atom is -0.507 e. The van der Waals surface area contributed by atoms with Crippen molar-refractivity contribution in [1.82, 2.24) is 0 Å². The van der Waals surface area contributed by atoms with E-state index < -0.39 is 0 Å². The molecule has 0 saturated heterocycles. The second-order valence-electron chi connectivity index (χ2n) is 5.81. The molecule has 1 aliphatic heterocycles. The molecule has 0 saturated carbocycles. The van der Waals surface area contributed by atoms with Crippen LogP contribution in [0, 0.1) is 6.92 Å². The fourth-order valence-corrected chi connectivity index (χ4v) is 3.22. The number of hydrogen-bond donors (Lipinski definition) is 1. The van der Waals surface area contributed by atoms with E-state index in [0.29, 0.717) is 0 Å². The number of hydrogen-bond acceptors (Lipinski definition) is 4. The molecule has 0 radical (unpaired) electrons. The first-order valence-corrected chi connectivity index (χ1v) is 7.26. The quantitative estimate of drug-likeness (QED) is 0.874. The van der Waals surface area contributed by atoms with Crippen LogP contribution in [0.4, 0.5) is 0 Å². The first-order valence-electron chi connectivity index (χ1n) is 7.26. The molecule has 4 heteroatoms. The van der Waals surface area contributed by atoms with Crippen molar-refractivity contribution in [2.45, 2.75) is 26.3 Å². The third-order valence-electron chi connectivity index (χ3n) is 4.36. The standard InChI is InChI=1S/C18H15NO3/c1-9-4-3-5-11-12-6-15-13(18(12)22-17(9)11)7-16(21)14(8-19-15)10(2)20/h3-5,7-8,15,21H,6H2,1-2H3. The van der Waals surface area contributed by atoms with Gasteiger partial charge in [-0.2, -0.15) is 0 Å². The molecule has 1 aliphatic carbocycles. The van der Waals surface area contributed by atoms with Crippen LogP contribution in [-0.4, -0.2) is 23.1 Å². The zero-order valence-electron chi connectivity index (χ0n) is 12.4. The SMILES string of the molecule is CC(=O)C1=C(O)C=C2c3oc4c(C)cccc4c3CC2N=C1. The second kappa shape index (κ2) is 4.44. The van der Waals surface area contributed by atoms with E-state index in [1.165, 1.54) is 13.1 Å². The van der Waals surface area contributed by atoms with E-state index in [2.05, 4.69) is 11.1 Å². The Morgan fingerprint density at radius 1 is 1.41 bits per heavy atom. The van der Waals surface area contributed by atoms with Crippen molar-refractivity contribution in [1.29, 1.82) is 0 Å². The van der Waals surface area contributed by atoms with Gasteiger partial charge in [0.05, 0.1) is 11.6 Å². The van der Waals surface area contributed by atoms with Gasteiger partial charge in [0.2, 0.25) is 0 Å². The van der Waals surface area contributed by atoms with Crippen LogP contribution in [-0.2, 0) is 11.2 Å². The summed E-state index contributed by atoms with van der Waals surface area (Å²) < 4.78 is 6.05. The zero-order valence-corrected chi connectivity index (χ0v) is 12.4. The van der Waals surface area contributed by atoms with E-state index in [0.717, 1.165) is 39.9 Å². The molecule has 1 aromatic heterocycles. The summed E-state index contributed by atoms with van der Waals surface area (Å²) in [6.07, 6.45) is 3.83. The predicted molar refractivity (Wildman–Crippen MR) is 85.2 cm³/mol. The van der Waals surface area contributed by atoms with Gasteiger partial charge < -0.3 is 9.52 Å². The summed E-state index contributed by atoms with van der Waals surface area (Å²) in [7, 11) is 0. The predicted octanol–water partition coefficient (Wildman–Crippen LogP) is 3.53. The van der Waals surface area contributed by atoms with Crippen LogP contribution >= 0.6 is 0 Å². The summed E-state index contributed by atoms with van der Waals surface area (Å²) >= 11 is 0. The Morgan fingerprint density at radius 2 is 2.23 bits per heavy atom. The third kappa shape index (κ3) is 1.70. The molecule has 1 aromatic carbocycles. The van der Waals surface area contributed by atoms with E-state index in [-0.39, 0.29) is 23.2 Å². The number of benzene rings is 1. The monoisotopic (exact) mass is 293 g/mol. The van der Waals surface area contributed by atoms with Gasteiger partial charge in [-0.05, 0) is 25.5 Å². The first kappa shape index (κ1) is 13.1. The zero-order chi connectivity index (χ0) is 15.4. The van der Waals surface area contributed by atoms with Crippen LogP contribution in [0.3, 0.4) is 0 Å². The lowest BCUT2D eigenvalue weighted by atomic mass is 10.1. The van der Waals surface area contributed by atoms with Crippen LogP contribution in [0.2, 0.25) is 0 Å². The summed E-state index contributed by atoms with van der Waals surface area (Å²) in [6.45, 7) is 3.44. The van der Waals surface area contributed by atoms with Gasteiger partial charge in [0.25, 0.3) is 0 Å². The number of aliphatic imine (C=N–C) groups is 1. The number of furan rings is 1. The molecule has 110 valence electrons. The number of Topliss-reactive ketones (excluding diaryl/α,β-unsaturated/α-hetero) is 1. The highest BCUT2D eigenvalue weighted by atomic mass is 16.3. The van der Waals surface area contributed by atoms with E-state index in [1.807, 2.05) is 19.1 Å². The summed E-state index contributed by atoms with van der Waals surface area (Å²) in [5, 5.41) is 11.3. The summed E-state index contributed by atoms with van der Waals surface area (Å²) in [5.74, 6) is 0.542. The number of para-hydroxylation sites is 1. The maximum atomic E-state index is 11.6. The Kier molecular flexibility index (Phi) is 2.64. The van der Waals surface area contributed by atoms with Crippen LogP contribution in [0.5, 0.6) is 0 Å². The lowest BCUT2D eigenvalue weighted by Crippen LogP contribution is -2.04. The highest BCUT2D eigenvalue weighted by Gasteiger charge is 2.34. The molecule has 1 unspecified atom stereocenters. The van der Waals surface area contributed by atoms with E-state index in [4.69, 9.17) is 4.42 Å². The van der Waals surface area contributed by atoms with Crippen molar-refractivity contribution >= 4 is 28.5 Å². The van der Waals surface area contributed by atoms with Crippen LogP contribution in [0.25, 0.3) is 16.5 Å². The number of nitrogens with zero attached hydrogens (tertiary/aromatic N) is 1. The van der Waals surface area contributed by atoms with E-state index >= 15 is 0 Å². The highest BCUT2D eigenvalue weighted by molar-refractivity contribution is 6.14. The van der Waals surface area contributed by atoms with Crippen molar-refractivity contribution in [2.24, 2.45) is 4.99 Å². The Balaban J connectivity index is 1.95. The van der Waals surface area contributed by atoms with Gasteiger partial charge in [0.1, 0.15) is 17.1 Å². The number of aliphatic hydroxyl groups is 1. The molecule has 1 atom stereocenters. The van der Waals surface area contributed by atoms with Crippen molar-refractivity contribution in [2.75, 3.05) is 0 Å². The van der Waals surface area contributed by atoms with Crippen molar-refractivity contribution in [3.05, 3.63) is 52.5 Å². The number of ketones is 1. The molecule has 4 nitrogen and oxygen atoms in total. The van der Waals surface area contributed by atoms with Crippen LogP contribution < -0.4 is 0 Å².